The van der Waals surface area contributed by atoms with E-state index >= 15 is 0 Å². The summed E-state index contributed by atoms with van der Waals surface area (Å²) in [5, 5.41) is 16.1. The third-order valence-electron chi connectivity index (χ3n) is 3.17. The average Bonchev–Trinajstić information content (AvgIpc) is 2.96. The lowest BCUT2D eigenvalue weighted by molar-refractivity contribution is -0.141. The molecule has 0 saturated heterocycles. The van der Waals surface area contributed by atoms with Gasteiger partial charge in [0.15, 0.2) is 0 Å². The fourth-order valence-corrected chi connectivity index (χ4v) is 1.85. The van der Waals surface area contributed by atoms with Crippen molar-refractivity contribution in [2.24, 2.45) is 11.7 Å². The van der Waals surface area contributed by atoms with Gasteiger partial charge in [0.05, 0.1) is 5.92 Å². The Labute approximate surface area is 132 Å². The van der Waals surface area contributed by atoms with E-state index in [1.54, 1.807) is 25.1 Å². The third-order valence-corrected chi connectivity index (χ3v) is 3.17. The molecule has 4 N–H and O–H groups in total. The summed E-state index contributed by atoms with van der Waals surface area (Å²) in [7, 11) is 0. The maximum Gasteiger partial charge on any atom is 0.379 e. The molecule has 2 rings (SSSR count). The van der Waals surface area contributed by atoms with Gasteiger partial charge in [0.2, 0.25) is 5.76 Å². The largest absolute Gasteiger partial charge is 0.481 e. The number of nitrogens with two attached hydrogens (primary N) is 1. The second-order valence-electron chi connectivity index (χ2n) is 5.04. The number of aliphatic carboxylic acids is 1. The topological polar surface area (TPSA) is 127 Å². The standard InChI is InChI=1S/C16H16N2O5/c1-9(15(19)20)8-12-6-7-13(22-12)16(21)23-11-4-2-10(3-5-11)14(17)18/h2-7,9H,8H2,1H3,(H3,17,18)(H,19,20)/t9-/m1/s1. The van der Waals surface area contributed by atoms with Crippen LogP contribution in [0.1, 0.15) is 28.8 Å². The number of nitrogen functional groups attached to an aromatic ring is 1. The van der Waals surface area contributed by atoms with Gasteiger partial charge >= 0.3 is 11.9 Å². The number of carboxylic acids is 1. The fourth-order valence-electron chi connectivity index (χ4n) is 1.85. The minimum atomic E-state index is -0.934. The van der Waals surface area contributed by atoms with E-state index in [0.717, 1.165) is 0 Å². The van der Waals surface area contributed by atoms with Gasteiger partial charge in [-0.15, -0.1) is 0 Å². The molecular weight excluding hydrogens is 300 g/mol. The Hall–Kier alpha value is -3.09. The second-order valence-corrected chi connectivity index (χ2v) is 5.04. The minimum Gasteiger partial charge on any atom is -0.481 e. The SMILES string of the molecule is C[C@H](Cc1ccc(C(=O)Oc2ccc(C(=N)N)cc2)o1)C(=O)O. The zero-order valence-electron chi connectivity index (χ0n) is 12.4. The molecule has 7 heteroatoms. The lowest BCUT2D eigenvalue weighted by atomic mass is 10.1. The van der Waals surface area contributed by atoms with Gasteiger partial charge in [-0.05, 0) is 36.4 Å². The summed E-state index contributed by atoms with van der Waals surface area (Å²) in [5.74, 6) is -1.62. The lowest BCUT2D eigenvalue weighted by Gasteiger charge is -2.04. The van der Waals surface area contributed by atoms with Crippen molar-refractivity contribution >= 4 is 17.8 Å². The van der Waals surface area contributed by atoms with Gasteiger partial charge in [-0.2, -0.15) is 0 Å². The average molecular weight is 316 g/mol. The van der Waals surface area contributed by atoms with E-state index in [4.69, 9.17) is 25.4 Å². The van der Waals surface area contributed by atoms with Crippen LogP contribution >= 0.6 is 0 Å². The second kappa shape index (κ2) is 6.78. The maximum absolute atomic E-state index is 12.0. The molecule has 0 aliphatic rings. The molecule has 23 heavy (non-hydrogen) atoms. The van der Waals surface area contributed by atoms with E-state index in [-0.39, 0.29) is 23.8 Å². The molecule has 2 aromatic rings. The highest BCUT2D eigenvalue weighted by Crippen LogP contribution is 2.17. The number of benzene rings is 1. The quantitative estimate of drug-likeness (QED) is 0.324. The normalized spacial score (nSPS) is 11.7. The van der Waals surface area contributed by atoms with Crippen LogP contribution < -0.4 is 10.5 Å². The molecule has 0 fully saturated rings. The number of rotatable bonds is 6. The Kier molecular flexibility index (Phi) is 4.80. The van der Waals surface area contributed by atoms with Crippen LogP contribution in [-0.2, 0) is 11.2 Å². The summed E-state index contributed by atoms with van der Waals surface area (Å²) in [6, 6.07) is 9.15. The van der Waals surface area contributed by atoms with Crippen molar-refractivity contribution in [3.63, 3.8) is 0 Å². The predicted molar refractivity (Wildman–Crippen MR) is 81.6 cm³/mol. The summed E-state index contributed by atoms with van der Waals surface area (Å²) in [6.45, 7) is 1.55. The van der Waals surface area contributed by atoms with Crippen molar-refractivity contribution in [2.45, 2.75) is 13.3 Å². The van der Waals surface area contributed by atoms with Crippen LogP contribution in [0.25, 0.3) is 0 Å². The van der Waals surface area contributed by atoms with E-state index in [1.165, 1.54) is 18.2 Å². The van der Waals surface area contributed by atoms with Crippen LogP contribution in [0.15, 0.2) is 40.8 Å². The number of hydrogen-bond donors (Lipinski definition) is 3. The Morgan fingerprint density at radius 2 is 1.91 bits per heavy atom. The van der Waals surface area contributed by atoms with E-state index in [9.17, 15) is 9.59 Å². The van der Waals surface area contributed by atoms with Crippen molar-refractivity contribution in [3.05, 3.63) is 53.5 Å². The van der Waals surface area contributed by atoms with Crippen LogP contribution in [0.3, 0.4) is 0 Å². The van der Waals surface area contributed by atoms with E-state index in [0.29, 0.717) is 11.3 Å². The molecule has 1 aromatic heterocycles. The number of ether oxygens (including phenoxy) is 1. The van der Waals surface area contributed by atoms with E-state index in [1.807, 2.05) is 0 Å². The zero-order chi connectivity index (χ0) is 17.0. The molecule has 1 atom stereocenters. The van der Waals surface area contributed by atoms with Crippen LogP contribution in [0.2, 0.25) is 0 Å². The van der Waals surface area contributed by atoms with Crippen LogP contribution in [-0.4, -0.2) is 22.9 Å². The van der Waals surface area contributed by atoms with Crippen molar-refractivity contribution in [1.82, 2.24) is 0 Å². The molecule has 1 heterocycles. The van der Waals surface area contributed by atoms with Gasteiger partial charge in [-0.3, -0.25) is 10.2 Å². The van der Waals surface area contributed by atoms with E-state index in [2.05, 4.69) is 0 Å². The maximum atomic E-state index is 12.0. The Balaban J connectivity index is 2.02. The Bertz CT molecular complexity index is 733. The van der Waals surface area contributed by atoms with E-state index < -0.39 is 17.9 Å². The highest BCUT2D eigenvalue weighted by Gasteiger charge is 2.18. The monoisotopic (exact) mass is 316 g/mol. The van der Waals surface area contributed by atoms with Crippen molar-refractivity contribution < 1.29 is 23.8 Å². The number of esters is 1. The highest BCUT2D eigenvalue weighted by atomic mass is 16.5. The molecule has 0 unspecified atom stereocenters. The smallest absolute Gasteiger partial charge is 0.379 e. The Morgan fingerprint density at radius 1 is 1.26 bits per heavy atom. The number of hydrogen-bond acceptors (Lipinski definition) is 5. The number of carboxylic acid groups (broad SMARTS) is 1. The number of carbonyl (C=O) groups is 2. The van der Waals surface area contributed by atoms with Gasteiger partial charge in [-0.25, -0.2) is 4.79 Å². The predicted octanol–water partition coefficient (Wildman–Crippen LogP) is 2.05. The molecule has 0 radical (unpaired) electrons. The fraction of sp³-hybridized carbons (Fsp3) is 0.188. The van der Waals surface area contributed by atoms with Gasteiger partial charge in [0.25, 0.3) is 0 Å². The first kappa shape index (κ1) is 16.3. The summed E-state index contributed by atoms with van der Waals surface area (Å²) in [5.41, 5.74) is 5.86. The molecule has 120 valence electrons. The first-order valence-corrected chi connectivity index (χ1v) is 6.85. The zero-order valence-corrected chi connectivity index (χ0v) is 12.4. The molecule has 0 bridgehead atoms. The van der Waals surface area contributed by atoms with Crippen LogP contribution in [0.5, 0.6) is 5.75 Å². The molecule has 0 aliphatic heterocycles. The first-order chi connectivity index (χ1) is 10.9. The molecule has 0 aliphatic carbocycles. The third kappa shape index (κ3) is 4.19. The highest BCUT2D eigenvalue weighted by molar-refractivity contribution is 5.95. The summed E-state index contributed by atoms with van der Waals surface area (Å²) >= 11 is 0. The number of nitrogens with one attached hydrogen (secondary N) is 1. The number of carbonyl (C=O) groups excluding carboxylic acids is 1. The molecule has 7 nitrogen and oxygen atoms in total. The molecule has 0 amide bonds. The first-order valence-electron chi connectivity index (χ1n) is 6.85. The van der Waals surface area contributed by atoms with Gasteiger partial charge in [-0.1, -0.05) is 6.92 Å². The summed E-state index contributed by atoms with van der Waals surface area (Å²) in [4.78, 5) is 22.8. The molecule has 0 saturated carbocycles. The summed E-state index contributed by atoms with van der Waals surface area (Å²) < 4.78 is 10.4. The van der Waals surface area contributed by atoms with Gasteiger partial charge in [0, 0.05) is 12.0 Å². The van der Waals surface area contributed by atoms with Crippen molar-refractivity contribution in [2.75, 3.05) is 0 Å². The van der Waals surface area contributed by atoms with Crippen molar-refractivity contribution in [1.29, 1.82) is 5.41 Å². The minimum absolute atomic E-state index is 0.00627. The number of furan rings is 1. The molecule has 0 spiro atoms. The Morgan fingerprint density at radius 3 is 2.48 bits per heavy atom. The molecular formula is C16H16N2O5. The molecule has 1 aromatic carbocycles. The van der Waals surface area contributed by atoms with Crippen LogP contribution in [0.4, 0.5) is 0 Å². The van der Waals surface area contributed by atoms with Crippen molar-refractivity contribution in [3.8, 4) is 5.75 Å². The lowest BCUT2D eigenvalue weighted by Crippen LogP contribution is -2.12. The number of amidine groups is 1. The van der Waals surface area contributed by atoms with Gasteiger partial charge in [0.1, 0.15) is 17.3 Å². The summed E-state index contributed by atoms with van der Waals surface area (Å²) in [6.07, 6.45) is 0.190. The van der Waals surface area contributed by atoms with Gasteiger partial charge < -0.3 is 20.0 Å². The van der Waals surface area contributed by atoms with Crippen LogP contribution in [0, 0.1) is 11.3 Å².